The molecule has 2 rings (SSSR count). The summed E-state index contributed by atoms with van der Waals surface area (Å²) in [5.74, 6) is 0.0877. The van der Waals surface area contributed by atoms with Gasteiger partial charge in [-0.15, -0.1) is 0 Å². The largest absolute Gasteiger partial charge is 0.489 e. The first kappa shape index (κ1) is 12.4. The van der Waals surface area contributed by atoms with Gasteiger partial charge < -0.3 is 9.84 Å². The fourth-order valence-electron chi connectivity index (χ4n) is 1.71. The molecule has 1 aromatic carbocycles. The van der Waals surface area contributed by atoms with Crippen molar-refractivity contribution in [2.45, 2.75) is 38.2 Å². The fraction of sp³-hybridized carbons (Fsp3) is 0.462. The average Bonchev–Trinajstić information content (AvgIpc) is 2.22. The number of carboxylic acid groups (broad SMARTS) is 1. The molecule has 0 heterocycles. The molecule has 0 aromatic heterocycles. The molecule has 4 heteroatoms. The van der Waals surface area contributed by atoms with Gasteiger partial charge in [-0.1, -0.05) is 6.07 Å². The number of carboxylic acids is 1. The highest BCUT2D eigenvalue weighted by Gasteiger charge is 2.20. The fourth-order valence-corrected chi connectivity index (χ4v) is 2.23. The predicted octanol–water partition coefficient (Wildman–Crippen LogP) is 3.40. The summed E-state index contributed by atoms with van der Waals surface area (Å²) in [7, 11) is 0. The quantitative estimate of drug-likeness (QED) is 0.906. The van der Waals surface area contributed by atoms with Crippen LogP contribution < -0.4 is 4.74 Å². The Kier molecular flexibility index (Phi) is 4.05. The zero-order chi connectivity index (χ0) is 12.3. The molecule has 3 nitrogen and oxygen atoms in total. The van der Waals surface area contributed by atoms with Crippen LogP contribution in [0.3, 0.4) is 0 Å². The number of benzene rings is 1. The lowest BCUT2D eigenvalue weighted by Crippen LogP contribution is -2.24. The van der Waals surface area contributed by atoms with Crippen molar-refractivity contribution in [3.8, 4) is 5.75 Å². The van der Waals surface area contributed by atoms with Crippen LogP contribution >= 0.6 is 15.9 Å². The van der Waals surface area contributed by atoms with Gasteiger partial charge in [-0.3, -0.25) is 4.79 Å². The van der Waals surface area contributed by atoms with Gasteiger partial charge in [0.25, 0.3) is 0 Å². The van der Waals surface area contributed by atoms with E-state index in [1.165, 1.54) is 6.42 Å². The minimum absolute atomic E-state index is 0.162. The highest BCUT2D eigenvalue weighted by molar-refractivity contribution is 9.10. The average molecular weight is 299 g/mol. The molecular formula is C13H15BrO3. The minimum atomic E-state index is -0.768. The number of hydrogen-bond acceptors (Lipinski definition) is 2. The number of rotatable bonds is 5. The summed E-state index contributed by atoms with van der Waals surface area (Å²) in [6.45, 7) is 0. The standard InChI is InChI=1S/C13H15BrO3/c14-11-8-9(5-7-13(15)16)4-6-12(11)17-10-2-1-3-10/h4,6,8,10H,1-3,5,7H2,(H,15,16). The van der Waals surface area contributed by atoms with E-state index in [2.05, 4.69) is 15.9 Å². The Hall–Kier alpha value is -1.03. The van der Waals surface area contributed by atoms with Crippen molar-refractivity contribution < 1.29 is 14.6 Å². The second-order valence-corrected chi connectivity index (χ2v) is 5.18. The smallest absolute Gasteiger partial charge is 0.303 e. The summed E-state index contributed by atoms with van der Waals surface area (Å²) < 4.78 is 6.71. The van der Waals surface area contributed by atoms with Gasteiger partial charge in [-0.05, 0) is 59.3 Å². The van der Waals surface area contributed by atoms with Gasteiger partial charge in [0, 0.05) is 6.42 Å². The molecule has 1 saturated carbocycles. The summed E-state index contributed by atoms with van der Waals surface area (Å²) in [6.07, 6.45) is 4.59. The maximum atomic E-state index is 10.5. The first-order valence-electron chi connectivity index (χ1n) is 5.82. The molecule has 0 atom stereocenters. The number of aliphatic carboxylic acids is 1. The molecule has 1 fully saturated rings. The molecule has 0 unspecified atom stereocenters. The van der Waals surface area contributed by atoms with E-state index < -0.39 is 5.97 Å². The summed E-state index contributed by atoms with van der Waals surface area (Å²) >= 11 is 3.46. The second-order valence-electron chi connectivity index (χ2n) is 4.33. The van der Waals surface area contributed by atoms with Crippen LogP contribution in [0.15, 0.2) is 22.7 Å². The van der Waals surface area contributed by atoms with E-state index in [0.717, 1.165) is 28.6 Å². The van der Waals surface area contributed by atoms with E-state index in [0.29, 0.717) is 12.5 Å². The Morgan fingerprint density at radius 3 is 2.76 bits per heavy atom. The summed E-state index contributed by atoms with van der Waals surface area (Å²) in [6, 6.07) is 5.79. The van der Waals surface area contributed by atoms with Crippen LogP contribution in [0, 0.1) is 0 Å². The topological polar surface area (TPSA) is 46.5 Å². The van der Waals surface area contributed by atoms with Gasteiger partial charge >= 0.3 is 5.97 Å². The summed E-state index contributed by atoms with van der Waals surface area (Å²) in [5, 5.41) is 8.62. The normalized spacial score (nSPS) is 15.4. The molecule has 0 spiro atoms. The lowest BCUT2D eigenvalue weighted by Gasteiger charge is -2.27. The number of ether oxygens (including phenoxy) is 1. The monoisotopic (exact) mass is 298 g/mol. The Balaban J connectivity index is 1.97. The van der Waals surface area contributed by atoms with E-state index in [1.807, 2.05) is 18.2 Å². The molecule has 92 valence electrons. The van der Waals surface area contributed by atoms with Crippen molar-refractivity contribution in [2.24, 2.45) is 0 Å². The van der Waals surface area contributed by atoms with Gasteiger partial charge in [0.05, 0.1) is 10.6 Å². The lowest BCUT2D eigenvalue weighted by molar-refractivity contribution is -0.136. The van der Waals surface area contributed by atoms with Gasteiger partial charge in [0.1, 0.15) is 5.75 Å². The van der Waals surface area contributed by atoms with Crippen LogP contribution in [-0.4, -0.2) is 17.2 Å². The molecule has 0 aliphatic heterocycles. The van der Waals surface area contributed by atoms with E-state index >= 15 is 0 Å². The molecule has 0 bridgehead atoms. The molecule has 1 aromatic rings. The first-order chi connectivity index (χ1) is 8.15. The van der Waals surface area contributed by atoms with Crippen molar-refractivity contribution in [1.29, 1.82) is 0 Å². The van der Waals surface area contributed by atoms with Crippen LogP contribution in [0.4, 0.5) is 0 Å². The van der Waals surface area contributed by atoms with Crippen molar-refractivity contribution in [1.82, 2.24) is 0 Å². The Labute approximate surface area is 109 Å². The maximum absolute atomic E-state index is 10.5. The molecule has 1 N–H and O–H groups in total. The molecule has 1 aliphatic rings. The third kappa shape index (κ3) is 3.46. The Bertz CT molecular complexity index is 413. The molecule has 1 aliphatic carbocycles. The third-order valence-corrected chi connectivity index (χ3v) is 3.59. The van der Waals surface area contributed by atoms with Crippen molar-refractivity contribution >= 4 is 21.9 Å². The molecular weight excluding hydrogens is 284 g/mol. The minimum Gasteiger partial charge on any atom is -0.489 e. The van der Waals surface area contributed by atoms with Crippen LogP contribution in [-0.2, 0) is 11.2 Å². The predicted molar refractivity (Wildman–Crippen MR) is 68.4 cm³/mol. The number of carbonyl (C=O) groups is 1. The molecule has 0 amide bonds. The van der Waals surface area contributed by atoms with Crippen LogP contribution in [0.1, 0.15) is 31.2 Å². The van der Waals surface area contributed by atoms with E-state index in [1.54, 1.807) is 0 Å². The van der Waals surface area contributed by atoms with E-state index in [-0.39, 0.29) is 6.42 Å². The van der Waals surface area contributed by atoms with Crippen LogP contribution in [0.2, 0.25) is 0 Å². The Morgan fingerprint density at radius 1 is 1.47 bits per heavy atom. The van der Waals surface area contributed by atoms with Crippen molar-refractivity contribution in [2.75, 3.05) is 0 Å². The summed E-state index contributed by atoms with van der Waals surface area (Å²) in [5.41, 5.74) is 1.01. The molecule has 0 saturated heterocycles. The SMILES string of the molecule is O=C(O)CCc1ccc(OC2CCC2)c(Br)c1. The van der Waals surface area contributed by atoms with Crippen LogP contribution in [0.25, 0.3) is 0 Å². The molecule has 17 heavy (non-hydrogen) atoms. The van der Waals surface area contributed by atoms with Gasteiger partial charge in [-0.25, -0.2) is 0 Å². The van der Waals surface area contributed by atoms with Gasteiger partial charge in [0.15, 0.2) is 0 Å². The van der Waals surface area contributed by atoms with Crippen LogP contribution in [0.5, 0.6) is 5.75 Å². The second kappa shape index (κ2) is 5.54. The number of aryl methyl sites for hydroxylation is 1. The number of hydrogen-bond donors (Lipinski definition) is 1. The van der Waals surface area contributed by atoms with E-state index in [9.17, 15) is 4.79 Å². The lowest BCUT2D eigenvalue weighted by atomic mass is 9.96. The van der Waals surface area contributed by atoms with Crippen molar-refractivity contribution in [3.63, 3.8) is 0 Å². The number of halogens is 1. The van der Waals surface area contributed by atoms with Gasteiger partial charge in [0.2, 0.25) is 0 Å². The zero-order valence-electron chi connectivity index (χ0n) is 9.49. The van der Waals surface area contributed by atoms with E-state index in [4.69, 9.17) is 9.84 Å². The first-order valence-corrected chi connectivity index (χ1v) is 6.61. The third-order valence-electron chi connectivity index (χ3n) is 2.97. The highest BCUT2D eigenvalue weighted by Crippen LogP contribution is 2.31. The molecule has 0 radical (unpaired) electrons. The van der Waals surface area contributed by atoms with Crippen molar-refractivity contribution in [3.05, 3.63) is 28.2 Å². The summed E-state index contributed by atoms with van der Waals surface area (Å²) in [4.78, 5) is 10.5. The Morgan fingerprint density at radius 2 is 2.24 bits per heavy atom. The van der Waals surface area contributed by atoms with Gasteiger partial charge in [-0.2, -0.15) is 0 Å². The maximum Gasteiger partial charge on any atom is 0.303 e. The highest BCUT2D eigenvalue weighted by atomic mass is 79.9. The zero-order valence-corrected chi connectivity index (χ0v) is 11.1.